The fraction of sp³-hybridized carbons (Fsp3) is 0.233. The van der Waals surface area contributed by atoms with Crippen LogP contribution in [0.3, 0.4) is 0 Å². The number of halogens is 1. The van der Waals surface area contributed by atoms with E-state index in [0.29, 0.717) is 29.1 Å². The number of anilines is 1. The first-order chi connectivity index (χ1) is 19.3. The molecule has 0 spiro atoms. The maximum atomic E-state index is 11.7. The van der Waals surface area contributed by atoms with Gasteiger partial charge in [-0.25, -0.2) is 4.79 Å². The van der Waals surface area contributed by atoms with E-state index in [4.69, 9.17) is 33.3 Å². The summed E-state index contributed by atoms with van der Waals surface area (Å²) in [6.45, 7) is 4.88. The highest BCUT2D eigenvalue weighted by atomic mass is 35.5. The Morgan fingerprint density at radius 3 is 2.60 bits per heavy atom. The molecule has 1 fully saturated rings. The van der Waals surface area contributed by atoms with E-state index in [-0.39, 0.29) is 17.6 Å². The van der Waals surface area contributed by atoms with E-state index in [9.17, 15) is 9.90 Å². The van der Waals surface area contributed by atoms with Crippen molar-refractivity contribution in [2.24, 2.45) is 0 Å². The molecule has 3 heterocycles. The molecule has 5 rings (SSSR count). The summed E-state index contributed by atoms with van der Waals surface area (Å²) in [5, 5.41) is 14.0. The van der Waals surface area contributed by atoms with Gasteiger partial charge in [-0.15, -0.1) is 0 Å². The molecule has 8 nitrogen and oxygen atoms in total. The summed E-state index contributed by atoms with van der Waals surface area (Å²) in [5.74, 6) is -0.405. The molecule has 0 amide bonds. The second-order valence-corrected chi connectivity index (χ2v) is 10.3. The number of aryl methyl sites for hydroxylation is 1. The van der Waals surface area contributed by atoms with Crippen molar-refractivity contribution >= 4 is 40.6 Å². The van der Waals surface area contributed by atoms with Crippen LogP contribution in [-0.2, 0) is 4.74 Å². The normalized spacial score (nSPS) is 16.7. The largest absolute Gasteiger partial charge is 0.490 e. The van der Waals surface area contributed by atoms with Crippen LogP contribution in [0.2, 0.25) is 5.02 Å². The lowest BCUT2D eigenvalue weighted by molar-refractivity contribution is 0.0697. The number of aromatic carboxylic acids is 1. The number of carboxylic acid groups (broad SMARTS) is 1. The van der Waals surface area contributed by atoms with Gasteiger partial charge in [0.15, 0.2) is 5.11 Å². The van der Waals surface area contributed by atoms with Gasteiger partial charge >= 0.3 is 5.97 Å². The monoisotopic (exact) mass is 576 g/mol. The second kappa shape index (κ2) is 11.7. The number of hydrogen-bond acceptors (Lipinski definition) is 5. The molecular formula is C30H29ClN4O4S. The maximum absolute atomic E-state index is 11.7. The summed E-state index contributed by atoms with van der Waals surface area (Å²) in [6.07, 6.45) is 1.77. The predicted molar refractivity (Wildman–Crippen MR) is 159 cm³/mol. The SMILES string of the molecule is COCCOc1ccc(N2C(=S)N[C@@H](c3ccccn3)[C@H]2c2cc(C)n(-c3cccc(C(=O)O)c3)c2C)cc1Cl. The van der Waals surface area contributed by atoms with Crippen LogP contribution in [0.15, 0.2) is 72.9 Å². The Kier molecular flexibility index (Phi) is 8.07. The average Bonchev–Trinajstić information content (AvgIpc) is 3.44. The van der Waals surface area contributed by atoms with Gasteiger partial charge in [-0.2, -0.15) is 0 Å². The molecule has 206 valence electrons. The van der Waals surface area contributed by atoms with Gasteiger partial charge in [0.05, 0.1) is 35.0 Å². The van der Waals surface area contributed by atoms with Gasteiger partial charge < -0.3 is 29.4 Å². The fourth-order valence-corrected chi connectivity index (χ4v) is 5.78. The highest BCUT2D eigenvalue weighted by molar-refractivity contribution is 7.80. The molecule has 0 saturated carbocycles. The topological polar surface area (TPSA) is 88.9 Å². The van der Waals surface area contributed by atoms with Gasteiger partial charge in [-0.3, -0.25) is 4.98 Å². The number of nitrogens with zero attached hydrogens (tertiary/aromatic N) is 3. The first kappa shape index (κ1) is 27.6. The molecule has 1 aliphatic rings. The van der Waals surface area contributed by atoms with Crippen molar-refractivity contribution in [3.05, 3.63) is 106 Å². The molecule has 4 aromatic rings. The van der Waals surface area contributed by atoms with Gasteiger partial charge in [0.2, 0.25) is 0 Å². The summed E-state index contributed by atoms with van der Waals surface area (Å²) in [4.78, 5) is 18.4. The lowest BCUT2D eigenvalue weighted by Gasteiger charge is -2.28. The Hall–Kier alpha value is -3.92. The molecule has 10 heteroatoms. The number of carbonyl (C=O) groups is 1. The van der Waals surface area contributed by atoms with E-state index in [1.54, 1.807) is 31.5 Å². The Balaban J connectivity index is 1.61. The van der Waals surface area contributed by atoms with Gasteiger partial charge in [0.1, 0.15) is 12.4 Å². The van der Waals surface area contributed by atoms with Gasteiger partial charge in [-0.1, -0.05) is 23.7 Å². The van der Waals surface area contributed by atoms with Crippen molar-refractivity contribution in [2.75, 3.05) is 25.2 Å². The van der Waals surface area contributed by atoms with E-state index in [0.717, 1.165) is 34.0 Å². The first-order valence-corrected chi connectivity index (χ1v) is 13.5. The van der Waals surface area contributed by atoms with E-state index in [2.05, 4.69) is 25.8 Å². The smallest absolute Gasteiger partial charge is 0.335 e. The number of ether oxygens (including phenoxy) is 2. The number of benzene rings is 2. The second-order valence-electron chi connectivity index (χ2n) is 9.47. The first-order valence-electron chi connectivity index (χ1n) is 12.7. The highest BCUT2D eigenvalue weighted by Crippen LogP contribution is 2.45. The highest BCUT2D eigenvalue weighted by Gasteiger charge is 2.42. The van der Waals surface area contributed by atoms with Crippen LogP contribution in [0.4, 0.5) is 5.69 Å². The van der Waals surface area contributed by atoms with Crippen LogP contribution in [-0.4, -0.2) is 46.1 Å². The summed E-state index contributed by atoms with van der Waals surface area (Å²) in [6, 6.07) is 20.0. The molecule has 1 aliphatic heterocycles. The zero-order chi connectivity index (χ0) is 28.4. The summed E-state index contributed by atoms with van der Waals surface area (Å²) >= 11 is 12.5. The van der Waals surface area contributed by atoms with Gasteiger partial charge in [0.25, 0.3) is 0 Å². The number of pyridine rings is 1. The molecule has 2 atom stereocenters. The van der Waals surface area contributed by atoms with Crippen molar-refractivity contribution in [3.63, 3.8) is 0 Å². The molecule has 0 unspecified atom stereocenters. The van der Waals surface area contributed by atoms with Crippen molar-refractivity contribution in [1.82, 2.24) is 14.9 Å². The number of methoxy groups -OCH3 is 1. The number of rotatable bonds is 9. The Labute approximate surface area is 243 Å². The lowest BCUT2D eigenvalue weighted by Crippen LogP contribution is -2.29. The third kappa shape index (κ3) is 5.28. The van der Waals surface area contributed by atoms with Crippen LogP contribution in [0.1, 0.15) is 45.1 Å². The van der Waals surface area contributed by atoms with Crippen LogP contribution in [0.25, 0.3) is 5.69 Å². The third-order valence-electron chi connectivity index (χ3n) is 6.98. The van der Waals surface area contributed by atoms with E-state index in [1.165, 1.54) is 0 Å². The minimum atomic E-state index is -0.970. The van der Waals surface area contributed by atoms with Crippen molar-refractivity contribution < 1.29 is 19.4 Å². The minimum absolute atomic E-state index is 0.227. The Morgan fingerprint density at radius 2 is 1.90 bits per heavy atom. The predicted octanol–water partition coefficient (Wildman–Crippen LogP) is 6.04. The number of aromatic nitrogens is 2. The molecule has 0 aliphatic carbocycles. The Morgan fingerprint density at radius 1 is 1.07 bits per heavy atom. The molecule has 0 bridgehead atoms. The molecule has 40 heavy (non-hydrogen) atoms. The molecule has 0 radical (unpaired) electrons. The quantitative estimate of drug-likeness (QED) is 0.184. The van der Waals surface area contributed by atoms with Crippen molar-refractivity contribution in [2.45, 2.75) is 25.9 Å². The average molecular weight is 577 g/mol. The molecule has 1 saturated heterocycles. The summed E-state index contributed by atoms with van der Waals surface area (Å²) in [5.41, 5.74) is 5.61. The number of carboxylic acids is 1. The molecule has 2 N–H and O–H groups in total. The Bertz CT molecular complexity index is 1560. The van der Waals surface area contributed by atoms with Gasteiger partial charge in [-0.05, 0) is 86.2 Å². The fourth-order valence-electron chi connectivity index (χ4n) is 5.20. The van der Waals surface area contributed by atoms with Gasteiger partial charge in [0, 0.05) is 36.1 Å². The standard InChI is InChI=1S/C30H29ClN4O4S/c1-18-15-23(19(2)34(18)21-8-6-7-20(16-21)29(36)37)28-27(25-9-4-5-12-32-25)33-30(40)35(28)22-10-11-26(24(31)17-22)39-14-13-38-3/h4-12,15-17,27-28H,13-14H2,1-3H3,(H,33,40)(H,36,37)/t27-,28+/m0/s1. The summed E-state index contributed by atoms with van der Waals surface area (Å²) in [7, 11) is 1.62. The van der Waals surface area contributed by atoms with Crippen molar-refractivity contribution in [1.29, 1.82) is 0 Å². The third-order valence-corrected chi connectivity index (χ3v) is 7.59. The lowest BCUT2D eigenvalue weighted by atomic mass is 9.96. The number of thiocarbonyl (C=S) groups is 1. The molecule has 2 aromatic carbocycles. The maximum Gasteiger partial charge on any atom is 0.335 e. The number of hydrogen-bond donors (Lipinski definition) is 2. The van der Waals surface area contributed by atoms with Crippen LogP contribution in [0.5, 0.6) is 5.75 Å². The van der Waals surface area contributed by atoms with E-state index < -0.39 is 5.97 Å². The van der Waals surface area contributed by atoms with Crippen LogP contribution in [0, 0.1) is 13.8 Å². The van der Waals surface area contributed by atoms with Crippen LogP contribution < -0.4 is 15.0 Å². The molecule has 2 aromatic heterocycles. The number of nitrogens with one attached hydrogen (secondary N) is 1. The van der Waals surface area contributed by atoms with Crippen LogP contribution >= 0.6 is 23.8 Å². The minimum Gasteiger partial charge on any atom is -0.490 e. The van der Waals surface area contributed by atoms with Crippen molar-refractivity contribution in [3.8, 4) is 11.4 Å². The summed E-state index contributed by atoms with van der Waals surface area (Å²) < 4.78 is 12.9. The van der Waals surface area contributed by atoms with E-state index in [1.807, 2.05) is 56.3 Å². The zero-order valence-corrected chi connectivity index (χ0v) is 23.9. The molecular weight excluding hydrogens is 548 g/mol. The zero-order valence-electron chi connectivity index (χ0n) is 22.3. The van der Waals surface area contributed by atoms with E-state index >= 15 is 0 Å².